The van der Waals surface area contributed by atoms with Crippen LogP contribution < -0.4 is 29.6 Å². The monoisotopic (exact) mass is 553 g/mol. The van der Waals surface area contributed by atoms with Gasteiger partial charge in [0.25, 0.3) is 11.9 Å². The van der Waals surface area contributed by atoms with E-state index in [0.717, 1.165) is 38.3 Å². The van der Waals surface area contributed by atoms with Crippen LogP contribution in [0.25, 0.3) is 0 Å². The summed E-state index contributed by atoms with van der Waals surface area (Å²) in [6, 6.07) is 9.44. The van der Waals surface area contributed by atoms with E-state index in [1.54, 1.807) is 12.1 Å². The van der Waals surface area contributed by atoms with Gasteiger partial charge in [0.15, 0.2) is 11.4 Å². The van der Waals surface area contributed by atoms with Gasteiger partial charge < -0.3 is 33.7 Å². The molecule has 0 bridgehead atoms. The minimum atomic E-state index is -1.52. The summed E-state index contributed by atoms with van der Waals surface area (Å²) in [5, 5.41) is 4.06. The van der Waals surface area contributed by atoms with Crippen LogP contribution in [0.5, 0.6) is 23.5 Å². The van der Waals surface area contributed by atoms with Crippen LogP contribution in [0, 0.1) is 6.92 Å². The SMILES string of the molecule is CCN(CCN1CCC1)c1nc(OC)c(NC(=O)c2ccc(Oc3cc([Si](C)(C)C)ccc3C)o2)c(OC)n1. The van der Waals surface area contributed by atoms with Crippen molar-refractivity contribution in [3.8, 4) is 23.5 Å². The Morgan fingerprint density at radius 2 is 1.79 bits per heavy atom. The number of hydrogen-bond donors (Lipinski definition) is 1. The second-order valence-corrected chi connectivity index (χ2v) is 15.7. The molecule has 11 heteroatoms. The van der Waals surface area contributed by atoms with Gasteiger partial charge in [-0.25, -0.2) is 0 Å². The Hall–Kier alpha value is -3.57. The molecule has 0 atom stereocenters. The highest BCUT2D eigenvalue weighted by molar-refractivity contribution is 6.88. The number of aryl methyl sites for hydroxylation is 1. The van der Waals surface area contributed by atoms with Crippen LogP contribution >= 0.6 is 0 Å². The van der Waals surface area contributed by atoms with E-state index in [1.165, 1.54) is 25.8 Å². The number of methoxy groups -OCH3 is 2. The molecule has 1 aliphatic rings. The molecule has 1 aliphatic heterocycles. The van der Waals surface area contributed by atoms with Crippen LogP contribution in [-0.4, -0.2) is 75.8 Å². The molecule has 1 fully saturated rings. The fraction of sp³-hybridized carbons (Fsp3) is 0.464. The molecular weight excluding hydrogens is 514 g/mol. The average molecular weight is 554 g/mol. The molecule has 10 nitrogen and oxygen atoms in total. The summed E-state index contributed by atoms with van der Waals surface area (Å²) in [6.07, 6.45) is 1.24. The lowest BCUT2D eigenvalue weighted by Crippen LogP contribution is -2.43. The zero-order valence-electron chi connectivity index (χ0n) is 24.0. The van der Waals surface area contributed by atoms with E-state index in [1.807, 2.05) is 19.9 Å². The summed E-state index contributed by atoms with van der Waals surface area (Å²) >= 11 is 0. The number of likely N-dealkylation sites (tertiary alicyclic amines) is 1. The smallest absolute Gasteiger partial charge is 0.291 e. The quantitative estimate of drug-likeness (QED) is 0.324. The number of nitrogens with one attached hydrogen (secondary N) is 1. The molecule has 0 saturated carbocycles. The summed E-state index contributed by atoms with van der Waals surface area (Å²) < 4.78 is 22.8. The van der Waals surface area contributed by atoms with Crippen molar-refractivity contribution in [2.24, 2.45) is 0 Å². The first-order valence-corrected chi connectivity index (χ1v) is 16.8. The molecule has 1 aromatic carbocycles. The Balaban J connectivity index is 1.50. The topological polar surface area (TPSA) is 102 Å². The van der Waals surface area contributed by atoms with Crippen molar-refractivity contribution in [1.29, 1.82) is 0 Å². The van der Waals surface area contributed by atoms with Crippen LogP contribution in [0.4, 0.5) is 11.6 Å². The number of nitrogens with zero attached hydrogens (tertiary/aromatic N) is 4. The van der Waals surface area contributed by atoms with Gasteiger partial charge in [-0.2, -0.15) is 9.97 Å². The molecule has 2 aromatic heterocycles. The first kappa shape index (κ1) is 28.4. The number of carbonyl (C=O) groups excluding carboxylic acids is 1. The molecule has 3 heterocycles. The number of benzene rings is 1. The summed E-state index contributed by atoms with van der Waals surface area (Å²) in [5.41, 5.74) is 1.21. The number of likely N-dealkylation sites (N-methyl/N-ethyl adjacent to an activating group) is 1. The lowest BCUT2D eigenvalue weighted by atomic mass is 10.2. The first-order chi connectivity index (χ1) is 18.6. The third-order valence-electron chi connectivity index (χ3n) is 6.83. The second kappa shape index (κ2) is 12.1. The maximum Gasteiger partial charge on any atom is 0.291 e. The van der Waals surface area contributed by atoms with E-state index >= 15 is 0 Å². The summed E-state index contributed by atoms with van der Waals surface area (Å²) in [5.74, 6) is 1.39. The molecule has 0 spiro atoms. The lowest BCUT2D eigenvalue weighted by Gasteiger charge is -2.33. The van der Waals surface area contributed by atoms with Crippen molar-refractivity contribution in [3.05, 3.63) is 41.7 Å². The molecule has 0 unspecified atom stereocenters. The third-order valence-corrected chi connectivity index (χ3v) is 8.87. The highest BCUT2D eigenvalue weighted by atomic mass is 28.3. The predicted octanol–water partition coefficient (Wildman–Crippen LogP) is 4.52. The Labute approximate surface area is 231 Å². The Kier molecular flexibility index (Phi) is 8.81. The standard InChI is InChI=1S/C28H39N5O5Si/c1-8-33(17-16-32-14-9-15-32)28-30-26(35-3)24(27(31-28)36-4)29-25(34)21-12-13-23(37-21)38-22-18-20(39(5,6)7)11-10-19(22)2/h10-13,18H,8-9,14-17H2,1-7H3,(H,29,34). The molecule has 0 aliphatic carbocycles. The second-order valence-electron chi connectivity index (χ2n) is 10.6. The van der Waals surface area contributed by atoms with Gasteiger partial charge in [-0.3, -0.25) is 4.79 Å². The number of carbonyl (C=O) groups is 1. The number of aromatic nitrogens is 2. The fourth-order valence-electron chi connectivity index (χ4n) is 4.18. The van der Waals surface area contributed by atoms with Gasteiger partial charge in [0.05, 0.1) is 22.3 Å². The molecule has 210 valence electrons. The fourth-order valence-corrected chi connectivity index (χ4v) is 5.33. The third kappa shape index (κ3) is 6.71. The number of amides is 1. The van der Waals surface area contributed by atoms with Gasteiger partial charge in [-0.05, 0) is 51.1 Å². The summed E-state index contributed by atoms with van der Waals surface area (Å²) in [7, 11) is 1.47. The highest BCUT2D eigenvalue weighted by Crippen LogP contribution is 2.34. The molecule has 1 saturated heterocycles. The zero-order chi connectivity index (χ0) is 28.2. The molecule has 4 rings (SSSR count). The van der Waals surface area contributed by atoms with Crippen molar-refractivity contribution in [1.82, 2.24) is 14.9 Å². The molecule has 3 aromatic rings. The van der Waals surface area contributed by atoms with Gasteiger partial charge in [-0.1, -0.05) is 37.0 Å². The van der Waals surface area contributed by atoms with E-state index in [-0.39, 0.29) is 29.2 Å². The Bertz CT molecular complexity index is 1280. The molecule has 39 heavy (non-hydrogen) atoms. The van der Waals surface area contributed by atoms with E-state index < -0.39 is 14.0 Å². The predicted molar refractivity (Wildman–Crippen MR) is 155 cm³/mol. The van der Waals surface area contributed by atoms with E-state index in [9.17, 15) is 4.79 Å². The number of anilines is 2. The van der Waals surface area contributed by atoms with Gasteiger partial charge in [0, 0.05) is 25.7 Å². The van der Waals surface area contributed by atoms with Crippen molar-refractivity contribution < 1.29 is 23.4 Å². The van der Waals surface area contributed by atoms with Crippen molar-refractivity contribution in [3.63, 3.8) is 0 Å². The Morgan fingerprint density at radius 1 is 1.10 bits per heavy atom. The van der Waals surface area contributed by atoms with Crippen LogP contribution in [0.2, 0.25) is 19.6 Å². The summed E-state index contributed by atoms with van der Waals surface area (Å²) in [4.78, 5) is 26.7. The van der Waals surface area contributed by atoms with E-state index in [2.05, 4.69) is 56.9 Å². The molecule has 0 radical (unpaired) electrons. The molecule has 1 N–H and O–H groups in total. The minimum Gasteiger partial charge on any atom is -0.479 e. The molecule has 1 amide bonds. The summed E-state index contributed by atoms with van der Waals surface area (Å²) in [6.45, 7) is 15.6. The van der Waals surface area contributed by atoms with Gasteiger partial charge in [0.1, 0.15) is 5.75 Å². The van der Waals surface area contributed by atoms with Crippen LogP contribution in [0.15, 0.2) is 34.7 Å². The van der Waals surface area contributed by atoms with Crippen LogP contribution in [-0.2, 0) is 0 Å². The normalized spacial score (nSPS) is 13.5. The maximum absolute atomic E-state index is 13.1. The largest absolute Gasteiger partial charge is 0.479 e. The van der Waals surface area contributed by atoms with Gasteiger partial charge in [-0.15, -0.1) is 0 Å². The van der Waals surface area contributed by atoms with Crippen LogP contribution in [0.3, 0.4) is 0 Å². The number of furan rings is 1. The van der Waals surface area contributed by atoms with Crippen molar-refractivity contribution >= 4 is 30.8 Å². The van der Waals surface area contributed by atoms with Crippen LogP contribution in [0.1, 0.15) is 29.5 Å². The van der Waals surface area contributed by atoms with Crippen molar-refractivity contribution in [2.75, 3.05) is 57.2 Å². The van der Waals surface area contributed by atoms with E-state index in [4.69, 9.17) is 18.6 Å². The Morgan fingerprint density at radius 3 is 2.36 bits per heavy atom. The lowest BCUT2D eigenvalue weighted by molar-refractivity contribution is 0.0990. The van der Waals surface area contributed by atoms with Crippen molar-refractivity contribution in [2.45, 2.75) is 39.9 Å². The molecular formula is C28H39N5O5Si. The number of ether oxygens (including phenoxy) is 3. The van der Waals surface area contributed by atoms with Gasteiger partial charge >= 0.3 is 0 Å². The van der Waals surface area contributed by atoms with E-state index in [0.29, 0.717) is 11.7 Å². The minimum absolute atomic E-state index is 0.0712. The number of rotatable bonds is 12. The average Bonchev–Trinajstić information content (AvgIpc) is 3.35. The first-order valence-electron chi connectivity index (χ1n) is 13.3. The zero-order valence-corrected chi connectivity index (χ0v) is 25.0. The number of hydrogen-bond acceptors (Lipinski definition) is 9. The van der Waals surface area contributed by atoms with Gasteiger partial charge in [0.2, 0.25) is 17.7 Å². The highest BCUT2D eigenvalue weighted by Gasteiger charge is 2.24. The maximum atomic E-state index is 13.1.